The number of rotatable bonds is 9. The molecule has 1 fully saturated rings. The van der Waals surface area contributed by atoms with E-state index in [0.29, 0.717) is 34.5 Å². The largest absolute Gasteiger partial charge is 0.497 e. The highest BCUT2D eigenvalue weighted by atomic mass is 16.5. The van der Waals surface area contributed by atoms with Crippen molar-refractivity contribution < 1.29 is 19.1 Å². The fraction of sp³-hybridized carbons (Fsp3) is 0.360. The van der Waals surface area contributed by atoms with Crippen molar-refractivity contribution in [1.82, 2.24) is 25.3 Å². The fourth-order valence-electron chi connectivity index (χ4n) is 4.15. The third-order valence-electron chi connectivity index (χ3n) is 5.99. The molecule has 2 amide bonds. The summed E-state index contributed by atoms with van der Waals surface area (Å²) < 4.78 is 11.8. The third kappa shape index (κ3) is 5.43. The molecule has 3 aromatic rings. The number of carbonyl (C=O) groups is 2. The van der Waals surface area contributed by atoms with Crippen LogP contribution >= 0.6 is 0 Å². The van der Waals surface area contributed by atoms with Crippen LogP contribution in [0.3, 0.4) is 0 Å². The minimum Gasteiger partial charge on any atom is -0.497 e. The number of hydrogen-bond acceptors (Lipinski definition) is 7. The van der Waals surface area contributed by atoms with Gasteiger partial charge in [0.25, 0.3) is 11.5 Å². The van der Waals surface area contributed by atoms with E-state index >= 15 is 0 Å². The van der Waals surface area contributed by atoms with Crippen molar-refractivity contribution >= 4 is 22.6 Å². The Balaban J connectivity index is 1.56. The van der Waals surface area contributed by atoms with E-state index in [2.05, 4.69) is 20.6 Å². The molecule has 10 heteroatoms. The number of likely N-dealkylation sites (tertiary alicyclic amines) is 1. The Labute approximate surface area is 202 Å². The van der Waals surface area contributed by atoms with Gasteiger partial charge >= 0.3 is 0 Å². The number of methoxy groups -OCH3 is 2. The van der Waals surface area contributed by atoms with E-state index in [1.807, 2.05) is 0 Å². The van der Waals surface area contributed by atoms with Crippen LogP contribution in [0.5, 0.6) is 11.5 Å². The van der Waals surface area contributed by atoms with Gasteiger partial charge < -0.3 is 25.0 Å². The van der Waals surface area contributed by atoms with Crippen LogP contribution in [0, 0.1) is 0 Å². The monoisotopic (exact) mass is 479 g/mol. The Kier molecular flexibility index (Phi) is 7.61. The number of amides is 2. The van der Waals surface area contributed by atoms with E-state index in [-0.39, 0.29) is 18.1 Å². The summed E-state index contributed by atoms with van der Waals surface area (Å²) in [4.78, 5) is 40.9. The second-order valence-electron chi connectivity index (χ2n) is 8.23. The fourth-order valence-corrected chi connectivity index (χ4v) is 4.15. The van der Waals surface area contributed by atoms with Crippen LogP contribution < -0.4 is 25.7 Å². The summed E-state index contributed by atoms with van der Waals surface area (Å²) in [5.41, 5.74) is -0.0130. The van der Waals surface area contributed by atoms with Crippen molar-refractivity contribution in [3.05, 3.63) is 58.5 Å². The predicted molar refractivity (Wildman–Crippen MR) is 131 cm³/mol. The summed E-state index contributed by atoms with van der Waals surface area (Å²) in [6.45, 7) is 3.23. The summed E-state index contributed by atoms with van der Waals surface area (Å²) in [6, 6.07) is 11.7. The Bertz CT molecular complexity index is 1280. The van der Waals surface area contributed by atoms with E-state index in [9.17, 15) is 14.4 Å². The molecule has 0 spiro atoms. The molecule has 1 aliphatic rings. The number of aromatic nitrogens is 2. The SMILES string of the molecule is COc1ccc(-n2nc(C(=O)NCC(=O)NCCN3CCCC3)c3ccccc3c2=O)c(OC)c1. The van der Waals surface area contributed by atoms with Crippen molar-refractivity contribution in [1.29, 1.82) is 0 Å². The zero-order valence-corrected chi connectivity index (χ0v) is 19.9. The second-order valence-corrected chi connectivity index (χ2v) is 8.23. The van der Waals surface area contributed by atoms with Gasteiger partial charge in [0.2, 0.25) is 5.91 Å². The molecule has 0 saturated carbocycles. The van der Waals surface area contributed by atoms with Crippen LogP contribution in [-0.2, 0) is 4.79 Å². The number of nitrogens with zero attached hydrogens (tertiary/aromatic N) is 3. The lowest BCUT2D eigenvalue weighted by atomic mass is 10.1. The molecule has 0 atom stereocenters. The van der Waals surface area contributed by atoms with Crippen molar-refractivity contribution in [2.75, 3.05) is 46.9 Å². The van der Waals surface area contributed by atoms with E-state index in [4.69, 9.17) is 9.47 Å². The maximum atomic E-state index is 13.2. The molecule has 0 radical (unpaired) electrons. The van der Waals surface area contributed by atoms with Gasteiger partial charge in [-0.3, -0.25) is 14.4 Å². The normalized spacial score (nSPS) is 13.5. The van der Waals surface area contributed by atoms with Crippen molar-refractivity contribution in [3.63, 3.8) is 0 Å². The van der Waals surface area contributed by atoms with E-state index in [1.165, 1.54) is 27.1 Å². The lowest BCUT2D eigenvalue weighted by Gasteiger charge is -2.15. The van der Waals surface area contributed by atoms with Gasteiger partial charge in [0.05, 0.1) is 26.2 Å². The van der Waals surface area contributed by atoms with Gasteiger partial charge in [-0.2, -0.15) is 9.78 Å². The lowest BCUT2D eigenvalue weighted by Crippen LogP contribution is -2.40. The van der Waals surface area contributed by atoms with Crippen molar-refractivity contribution in [2.24, 2.45) is 0 Å². The molecular weight excluding hydrogens is 450 g/mol. The summed E-state index contributed by atoms with van der Waals surface area (Å²) >= 11 is 0. The molecule has 0 unspecified atom stereocenters. The van der Waals surface area contributed by atoms with Gasteiger partial charge in [-0.15, -0.1) is 0 Å². The molecule has 2 aromatic carbocycles. The summed E-state index contributed by atoms with van der Waals surface area (Å²) in [7, 11) is 3.00. The Hall–Kier alpha value is -3.92. The Morgan fingerprint density at radius 3 is 2.46 bits per heavy atom. The molecule has 2 N–H and O–H groups in total. The number of ether oxygens (including phenoxy) is 2. The molecule has 10 nitrogen and oxygen atoms in total. The summed E-state index contributed by atoms with van der Waals surface area (Å²) in [6.07, 6.45) is 2.38. The van der Waals surface area contributed by atoms with Gasteiger partial charge in [0, 0.05) is 24.5 Å². The quantitative estimate of drug-likeness (QED) is 0.476. The number of nitrogens with one attached hydrogen (secondary N) is 2. The lowest BCUT2D eigenvalue weighted by molar-refractivity contribution is -0.120. The first-order valence-electron chi connectivity index (χ1n) is 11.5. The number of benzene rings is 2. The van der Waals surface area contributed by atoms with Gasteiger partial charge in [-0.25, -0.2) is 0 Å². The van der Waals surface area contributed by atoms with E-state index in [1.54, 1.807) is 42.5 Å². The highest BCUT2D eigenvalue weighted by molar-refractivity contribution is 6.05. The zero-order chi connectivity index (χ0) is 24.8. The van der Waals surface area contributed by atoms with Crippen LogP contribution in [0.4, 0.5) is 0 Å². The predicted octanol–water partition coefficient (Wildman–Crippen LogP) is 1.34. The molecule has 1 aliphatic heterocycles. The second kappa shape index (κ2) is 11.0. The molecule has 35 heavy (non-hydrogen) atoms. The van der Waals surface area contributed by atoms with Crippen molar-refractivity contribution in [3.8, 4) is 17.2 Å². The van der Waals surface area contributed by atoms with Gasteiger partial charge in [-0.1, -0.05) is 18.2 Å². The van der Waals surface area contributed by atoms with Gasteiger partial charge in [0.1, 0.15) is 17.2 Å². The summed E-state index contributed by atoms with van der Waals surface area (Å²) in [5.74, 6) is 0.0650. The minimum absolute atomic E-state index is 0.0305. The Morgan fingerprint density at radius 2 is 1.74 bits per heavy atom. The molecule has 1 saturated heterocycles. The Morgan fingerprint density at radius 1 is 1.00 bits per heavy atom. The highest BCUT2D eigenvalue weighted by Crippen LogP contribution is 2.27. The maximum Gasteiger partial charge on any atom is 0.279 e. The molecule has 4 rings (SSSR count). The average Bonchev–Trinajstić information content (AvgIpc) is 3.41. The average molecular weight is 480 g/mol. The first-order valence-corrected chi connectivity index (χ1v) is 11.5. The molecule has 0 aliphatic carbocycles. The zero-order valence-electron chi connectivity index (χ0n) is 19.9. The molecule has 1 aromatic heterocycles. The number of carbonyl (C=O) groups excluding carboxylic acids is 2. The van der Waals surface area contributed by atoms with Crippen molar-refractivity contribution in [2.45, 2.75) is 12.8 Å². The standard InChI is InChI=1S/C25H29N5O5/c1-34-17-9-10-20(21(15-17)35-2)30-25(33)19-8-4-3-7-18(19)23(28-30)24(32)27-16-22(31)26-11-14-29-12-5-6-13-29/h3-4,7-10,15H,5-6,11-14,16H2,1-2H3,(H,26,31)(H,27,32). The molecular formula is C25H29N5O5. The first kappa shape index (κ1) is 24.2. The smallest absolute Gasteiger partial charge is 0.279 e. The maximum absolute atomic E-state index is 13.2. The van der Waals surface area contributed by atoms with Crippen LogP contribution in [0.2, 0.25) is 0 Å². The van der Waals surface area contributed by atoms with Crippen LogP contribution in [0.1, 0.15) is 23.3 Å². The topological polar surface area (TPSA) is 115 Å². The molecule has 184 valence electrons. The van der Waals surface area contributed by atoms with E-state index < -0.39 is 11.5 Å². The minimum atomic E-state index is -0.558. The van der Waals surface area contributed by atoms with Crippen LogP contribution in [0.25, 0.3) is 16.5 Å². The summed E-state index contributed by atoms with van der Waals surface area (Å²) in [5, 5.41) is 10.5. The highest BCUT2D eigenvalue weighted by Gasteiger charge is 2.20. The van der Waals surface area contributed by atoms with Gasteiger partial charge in [0.15, 0.2) is 5.69 Å². The number of hydrogen-bond donors (Lipinski definition) is 2. The first-order chi connectivity index (χ1) is 17.0. The number of fused-ring (bicyclic) bond motifs is 1. The molecule has 0 bridgehead atoms. The van der Waals surface area contributed by atoms with Crippen LogP contribution in [-0.4, -0.2) is 73.4 Å². The van der Waals surface area contributed by atoms with Crippen LogP contribution in [0.15, 0.2) is 47.3 Å². The van der Waals surface area contributed by atoms with Gasteiger partial charge in [-0.05, 0) is 44.1 Å². The molecule has 2 heterocycles. The third-order valence-corrected chi connectivity index (χ3v) is 5.99. The van der Waals surface area contributed by atoms with E-state index in [0.717, 1.165) is 24.3 Å².